The molecule has 0 spiro atoms. The molecular weight excluding hydrogens is 302 g/mol. The molecule has 1 fully saturated rings. The number of hydrogen-bond donors (Lipinski definition) is 3. The molecule has 128 valence electrons. The normalized spacial score (nSPS) is 15.6. The van der Waals surface area contributed by atoms with Crippen molar-refractivity contribution in [2.75, 3.05) is 44.6 Å². The maximum Gasteiger partial charge on any atom is 0.267 e. The highest BCUT2D eigenvalue weighted by Gasteiger charge is 2.12. The Kier molecular flexibility index (Phi) is 6.79. The minimum atomic E-state index is -0.388. The highest BCUT2D eigenvalue weighted by Crippen LogP contribution is 2.18. The molecule has 1 heterocycles. The minimum absolute atomic E-state index is 0.0798. The number of nitrogens with zero attached hydrogens (tertiary/aromatic N) is 2. The number of benzene rings is 1. The molecule has 0 saturated carbocycles. The Morgan fingerprint density at radius 3 is 2.83 bits per heavy atom. The van der Waals surface area contributed by atoms with Crippen LogP contribution in [0.1, 0.15) is 11.1 Å². The SMILES string of the molecule is Cc1cccc(NC(=O)/C(C#N)=C\NCCN2CCNCC2)c1C. The fourth-order valence-electron chi connectivity index (χ4n) is 2.56. The van der Waals surface area contributed by atoms with Crippen molar-refractivity contribution in [1.82, 2.24) is 15.5 Å². The van der Waals surface area contributed by atoms with Crippen molar-refractivity contribution >= 4 is 11.6 Å². The van der Waals surface area contributed by atoms with Gasteiger partial charge in [0, 0.05) is 51.2 Å². The molecule has 0 bridgehead atoms. The van der Waals surface area contributed by atoms with Crippen LogP contribution in [-0.4, -0.2) is 50.1 Å². The third kappa shape index (κ3) is 5.08. The van der Waals surface area contributed by atoms with Crippen LogP contribution in [0, 0.1) is 25.2 Å². The van der Waals surface area contributed by atoms with Crippen LogP contribution in [0.15, 0.2) is 30.0 Å². The van der Waals surface area contributed by atoms with Gasteiger partial charge in [-0.25, -0.2) is 0 Å². The number of anilines is 1. The van der Waals surface area contributed by atoms with Crippen LogP contribution in [-0.2, 0) is 4.79 Å². The zero-order valence-corrected chi connectivity index (χ0v) is 14.4. The fraction of sp³-hybridized carbons (Fsp3) is 0.444. The van der Waals surface area contributed by atoms with Gasteiger partial charge in [-0.05, 0) is 31.0 Å². The van der Waals surface area contributed by atoms with Gasteiger partial charge in [0.25, 0.3) is 5.91 Å². The highest BCUT2D eigenvalue weighted by atomic mass is 16.1. The van der Waals surface area contributed by atoms with Crippen LogP contribution in [0.2, 0.25) is 0 Å². The van der Waals surface area contributed by atoms with Gasteiger partial charge in [0.1, 0.15) is 11.6 Å². The molecule has 24 heavy (non-hydrogen) atoms. The zero-order chi connectivity index (χ0) is 17.4. The standard InChI is InChI=1S/C18H25N5O/c1-14-4-3-5-17(15(14)2)22-18(24)16(12-19)13-21-8-11-23-9-6-20-7-10-23/h3-5,13,20-21H,6-11H2,1-2H3,(H,22,24)/b16-13-. The summed E-state index contributed by atoms with van der Waals surface area (Å²) >= 11 is 0. The van der Waals surface area contributed by atoms with E-state index in [1.807, 2.05) is 38.1 Å². The smallest absolute Gasteiger partial charge is 0.267 e. The molecular formula is C18H25N5O. The van der Waals surface area contributed by atoms with Gasteiger partial charge < -0.3 is 16.0 Å². The predicted molar refractivity (Wildman–Crippen MR) is 95.6 cm³/mol. The summed E-state index contributed by atoms with van der Waals surface area (Å²) in [6.45, 7) is 9.63. The van der Waals surface area contributed by atoms with Crippen molar-refractivity contribution in [3.8, 4) is 6.07 Å². The van der Waals surface area contributed by atoms with E-state index in [0.717, 1.165) is 49.5 Å². The van der Waals surface area contributed by atoms with Gasteiger partial charge in [-0.3, -0.25) is 9.69 Å². The molecule has 3 N–H and O–H groups in total. The molecule has 1 amide bonds. The Balaban J connectivity index is 1.86. The Bertz CT molecular complexity index is 641. The summed E-state index contributed by atoms with van der Waals surface area (Å²) in [6, 6.07) is 7.68. The van der Waals surface area contributed by atoms with Crippen molar-refractivity contribution in [1.29, 1.82) is 5.26 Å². The summed E-state index contributed by atoms with van der Waals surface area (Å²) in [4.78, 5) is 14.6. The lowest BCUT2D eigenvalue weighted by Gasteiger charge is -2.26. The number of nitriles is 1. The first-order valence-corrected chi connectivity index (χ1v) is 8.26. The third-order valence-corrected chi connectivity index (χ3v) is 4.25. The Hall–Kier alpha value is -2.36. The van der Waals surface area contributed by atoms with E-state index in [2.05, 4.69) is 20.9 Å². The first kappa shape index (κ1) is 18.0. The lowest BCUT2D eigenvalue weighted by molar-refractivity contribution is -0.112. The summed E-state index contributed by atoms with van der Waals surface area (Å²) in [6.07, 6.45) is 1.50. The second-order valence-corrected chi connectivity index (χ2v) is 5.92. The van der Waals surface area contributed by atoms with Gasteiger partial charge in [0.05, 0.1) is 0 Å². The lowest BCUT2D eigenvalue weighted by atomic mass is 10.1. The molecule has 6 nitrogen and oxygen atoms in total. The van der Waals surface area contributed by atoms with Crippen molar-refractivity contribution in [2.45, 2.75) is 13.8 Å². The Morgan fingerprint density at radius 2 is 2.12 bits per heavy atom. The fourth-order valence-corrected chi connectivity index (χ4v) is 2.56. The number of nitrogens with one attached hydrogen (secondary N) is 3. The third-order valence-electron chi connectivity index (χ3n) is 4.25. The molecule has 0 radical (unpaired) electrons. The topological polar surface area (TPSA) is 80.2 Å². The van der Waals surface area contributed by atoms with Gasteiger partial charge >= 0.3 is 0 Å². The number of carbonyl (C=O) groups is 1. The van der Waals surface area contributed by atoms with E-state index in [9.17, 15) is 10.1 Å². The summed E-state index contributed by atoms with van der Waals surface area (Å²) < 4.78 is 0. The van der Waals surface area contributed by atoms with E-state index in [1.165, 1.54) is 6.20 Å². The number of hydrogen-bond acceptors (Lipinski definition) is 5. The van der Waals surface area contributed by atoms with Gasteiger partial charge in [0.15, 0.2) is 0 Å². The maximum atomic E-state index is 12.2. The molecule has 0 atom stereocenters. The molecule has 1 aromatic rings. The molecule has 0 aromatic heterocycles. The minimum Gasteiger partial charge on any atom is -0.388 e. The summed E-state index contributed by atoms with van der Waals surface area (Å²) in [7, 11) is 0. The van der Waals surface area contributed by atoms with Crippen molar-refractivity contribution in [2.24, 2.45) is 0 Å². The van der Waals surface area contributed by atoms with Crippen molar-refractivity contribution in [3.63, 3.8) is 0 Å². The summed E-state index contributed by atoms with van der Waals surface area (Å²) in [5, 5.41) is 18.4. The van der Waals surface area contributed by atoms with Gasteiger partial charge in [-0.15, -0.1) is 0 Å². The van der Waals surface area contributed by atoms with E-state index < -0.39 is 0 Å². The predicted octanol–water partition coefficient (Wildman–Crippen LogP) is 1.14. The summed E-state index contributed by atoms with van der Waals surface area (Å²) in [5.74, 6) is -0.388. The first-order valence-electron chi connectivity index (χ1n) is 8.26. The van der Waals surface area contributed by atoms with Gasteiger partial charge in [-0.2, -0.15) is 5.26 Å². The largest absolute Gasteiger partial charge is 0.388 e. The monoisotopic (exact) mass is 327 g/mol. The van der Waals surface area contributed by atoms with Crippen LogP contribution >= 0.6 is 0 Å². The number of aryl methyl sites for hydroxylation is 1. The van der Waals surface area contributed by atoms with E-state index >= 15 is 0 Å². The highest BCUT2D eigenvalue weighted by molar-refractivity contribution is 6.06. The van der Waals surface area contributed by atoms with Crippen LogP contribution in [0.3, 0.4) is 0 Å². The average molecular weight is 327 g/mol. The first-order chi connectivity index (χ1) is 11.6. The lowest BCUT2D eigenvalue weighted by Crippen LogP contribution is -2.45. The average Bonchev–Trinajstić information content (AvgIpc) is 2.60. The van der Waals surface area contributed by atoms with Crippen LogP contribution in [0.5, 0.6) is 0 Å². The Labute approximate surface area is 143 Å². The quantitative estimate of drug-likeness (QED) is 0.415. The molecule has 1 aliphatic heterocycles. The van der Waals surface area contributed by atoms with Crippen molar-refractivity contribution < 1.29 is 4.79 Å². The number of piperazine rings is 1. The van der Waals surface area contributed by atoms with E-state index in [-0.39, 0.29) is 11.5 Å². The maximum absolute atomic E-state index is 12.2. The van der Waals surface area contributed by atoms with Gasteiger partial charge in [-0.1, -0.05) is 12.1 Å². The van der Waals surface area contributed by atoms with E-state index in [1.54, 1.807) is 0 Å². The van der Waals surface area contributed by atoms with Crippen LogP contribution in [0.25, 0.3) is 0 Å². The Morgan fingerprint density at radius 1 is 1.38 bits per heavy atom. The molecule has 0 unspecified atom stereocenters. The van der Waals surface area contributed by atoms with E-state index in [4.69, 9.17) is 0 Å². The van der Waals surface area contributed by atoms with E-state index in [0.29, 0.717) is 6.54 Å². The molecule has 1 aliphatic rings. The van der Waals surface area contributed by atoms with Gasteiger partial charge in [0.2, 0.25) is 0 Å². The molecule has 1 saturated heterocycles. The van der Waals surface area contributed by atoms with Crippen LogP contribution in [0.4, 0.5) is 5.69 Å². The van der Waals surface area contributed by atoms with Crippen molar-refractivity contribution in [3.05, 3.63) is 41.1 Å². The molecule has 6 heteroatoms. The molecule has 1 aromatic carbocycles. The zero-order valence-electron chi connectivity index (χ0n) is 14.4. The number of rotatable bonds is 6. The molecule has 2 rings (SSSR count). The number of amides is 1. The second-order valence-electron chi connectivity index (χ2n) is 5.92. The van der Waals surface area contributed by atoms with Crippen LogP contribution < -0.4 is 16.0 Å². The second kappa shape index (κ2) is 9.06. The summed E-state index contributed by atoms with van der Waals surface area (Å²) in [5.41, 5.74) is 2.93. The molecule has 0 aliphatic carbocycles. The number of carbonyl (C=O) groups excluding carboxylic acids is 1.